The number of esters is 1. The number of carbonyl (C=O) groups excluding carboxylic acids is 1. The summed E-state index contributed by atoms with van der Waals surface area (Å²) in [5, 5.41) is 19.0. The number of benzene rings is 4. The monoisotopic (exact) mass is 526 g/mol. The van der Waals surface area contributed by atoms with Gasteiger partial charge in [0.05, 0.1) is 16.7 Å². The fourth-order valence-corrected chi connectivity index (χ4v) is 4.10. The fourth-order valence-electron chi connectivity index (χ4n) is 4.10. The summed E-state index contributed by atoms with van der Waals surface area (Å²) in [6.07, 6.45) is 1.12. The second kappa shape index (κ2) is 13.1. The quantitative estimate of drug-likeness (QED) is 0.0813. The smallest absolute Gasteiger partial charge is 0.341 e. The van der Waals surface area contributed by atoms with Crippen LogP contribution in [0.2, 0.25) is 0 Å². The first-order valence-electron chi connectivity index (χ1n) is 12.1. The van der Waals surface area contributed by atoms with Gasteiger partial charge in [0.2, 0.25) is 6.79 Å². The molecular weight excluding hydrogens is 500 g/mol. The zero-order valence-corrected chi connectivity index (χ0v) is 20.9. The van der Waals surface area contributed by atoms with Crippen LogP contribution in [-0.2, 0) is 34.0 Å². The Labute approximate surface area is 225 Å². The van der Waals surface area contributed by atoms with Crippen LogP contribution in [0, 0.1) is 0 Å². The predicted octanol–water partition coefficient (Wildman–Crippen LogP) is 5.53. The van der Waals surface area contributed by atoms with Crippen molar-refractivity contribution in [3.8, 4) is 0 Å². The minimum atomic E-state index is -1.26. The first-order valence-corrected chi connectivity index (χ1v) is 12.1. The second-order valence-corrected chi connectivity index (χ2v) is 8.74. The van der Waals surface area contributed by atoms with Crippen molar-refractivity contribution in [2.45, 2.75) is 19.4 Å². The van der Waals surface area contributed by atoms with Gasteiger partial charge in [-0.05, 0) is 58.9 Å². The highest BCUT2D eigenvalue weighted by molar-refractivity contribution is 6.02. The van der Waals surface area contributed by atoms with Crippen LogP contribution in [0.25, 0.3) is 0 Å². The van der Waals surface area contributed by atoms with E-state index in [-0.39, 0.29) is 23.3 Å². The Morgan fingerprint density at radius 1 is 0.564 bits per heavy atom. The average Bonchev–Trinajstić information content (AvgIpc) is 2.93. The molecule has 8 heteroatoms. The van der Waals surface area contributed by atoms with Crippen molar-refractivity contribution in [3.63, 3.8) is 0 Å². The molecule has 8 nitrogen and oxygen atoms in total. The van der Waals surface area contributed by atoms with Gasteiger partial charge in [-0.3, -0.25) is 0 Å². The molecule has 0 aliphatic rings. The van der Waals surface area contributed by atoms with E-state index in [1.54, 1.807) is 18.2 Å². The maximum absolute atomic E-state index is 12.7. The van der Waals surface area contributed by atoms with E-state index in [9.17, 15) is 24.6 Å². The Balaban J connectivity index is 1.36. The van der Waals surface area contributed by atoms with E-state index in [1.807, 2.05) is 60.7 Å². The summed E-state index contributed by atoms with van der Waals surface area (Å²) in [5.74, 6) is -3.26. The SMILES string of the molecule is O=C(O)c1ccc(Cc2ccccc2)cc1COOCOC(=O)c1cc(Cc2ccccc2)ccc1C(=O)O. The van der Waals surface area contributed by atoms with Gasteiger partial charge >= 0.3 is 17.9 Å². The highest BCUT2D eigenvalue weighted by atomic mass is 17.2. The van der Waals surface area contributed by atoms with E-state index in [1.165, 1.54) is 18.2 Å². The summed E-state index contributed by atoms with van der Waals surface area (Å²) in [6, 6.07) is 28.8. The lowest BCUT2D eigenvalue weighted by Crippen LogP contribution is -2.14. The number of hydrogen-bond acceptors (Lipinski definition) is 6. The standard InChI is InChI=1S/C31H26O8/c32-29(33)26-13-11-23(15-21-7-3-1-4-8-21)17-25(26)19-38-39-20-37-31(36)28-18-24(12-14-27(28)30(34)35)16-22-9-5-2-6-10-22/h1-14,17-18H,15-16,19-20H2,(H,32,33)(H,34,35). The molecule has 0 unspecified atom stereocenters. The summed E-state index contributed by atoms with van der Waals surface area (Å²) >= 11 is 0. The van der Waals surface area contributed by atoms with E-state index in [0.717, 1.165) is 22.3 Å². The number of rotatable bonds is 12. The third kappa shape index (κ3) is 7.61. The summed E-state index contributed by atoms with van der Waals surface area (Å²) in [7, 11) is 0. The van der Waals surface area contributed by atoms with Crippen LogP contribution in [0.1, 0.15) is 58.9 Å². The van der Waals surface area contributed by atoms with Crippen LogP contribution in [0.15, 0.2) is 97.1 Å². The van der Waals surface area contributed by atoms with Crippen LogP contribution in [0.4, 0.5) is 0 Å². The zero-order valence-electron chi connectivity index (χ0n) is 20.9. The molecule has 2 N–H and O–H groups in total. The van der Waals surface area contributed by atoms with E-state index in [2.05, 4.69) is 0 Å². The van der Waals surface area contributed by atoms with Gasteiger partial charge in [-0.2, -0.15) is 4.89 Å². The molecule has 0 aliphatic heterocycles. The Morgan fingerprint density at radius 3 is 1.67 bits per heavy atom. The molecule has 0 saturated carbocycles. The van der Waals surface area contributed by atoms with Gasteiger partial charge in [0.15, 0.2) is 0 Å². The van der Waals surface area contributed by atoms with Crippen molar-refractivity contribution < 1.29 is 39.1 Å². The minimum absolute atomic E-state index is 0.0636. The molecule has 0 amide bonds. The summed E-state index contributed by atoms with van der Waals surface area (Å²) < 4.78 is 5.08. The zero-order chi connectivity index (χ0) is 27.6. The third-order valence-electron chi connectivity index (χ3n) is 5.97. The van der Waals surface area contributed by atoms with Crippen molar-refractivity contribution in [2.75, 3.05) is 6.79 Å². The lowest BCUT2D eigenvalue weighted by Gasteiger charge is -2.11. The number of aromatic carboxylic acids is 2. The van der Waals surface area contributed by atoms with Crippen LogP contribution in [0.5, 0.6) is 0 Å². The Kier molecular flexibility index (Phi) is 9.18. The van der Waals surface area contributed by atoms with Crippen molar-refractivity contribution in [2.24, 2.45) is 0 Å². The first kappa shape index (κ1) is 27.3. The number of carboxylic acid groups (broad SMARTS) is 2. The maximum atomic E-state index is 12.7. The molecule has 0 spiro atoms. The van der Waals surface area contributed by atoms with E-state index < -0.39 is 24.7 Å². The molecule has 0 fully saturated rings. The van der Waals surface area contributed by atoms with Crippen molar-refractivity contribution in [3.05, 3.63) is 142 Å². The van der Waals surface area contributed by atoms with Gasteiger partial charge in [0.25, 0.3) is 0 Å². The number of hydrogen-bond donors (Lipinski definition) is 2. The minimum Gasteiger partial charge on any atom is -0.478 e. The molecule has 39 heavy (non-hydrogen) atoms. The topological polar surface area (TPSA) is 119 Å². The molecule has 0 saturated heterocycles. The molecule has 4 aromatic carbocycles. The van der Waals surface area contributed by atoms with Crippen LogP contribution < -0.4 is 0 Å². The Bertz CT molecular complexity index is 1450. The summed E-state index contributed by atoms with van der Waals surface area (Å²) in [6.45, 7) is -0.818. The number of carboxylic acids is 2. The van der Waals surface area contributed by atoms with Crippen LogP contribution in [0.3, 0.4) is 0 Å². The molecule has 0 bridgehead atoms. The largest absolute Gasteiger partial charge is 0.478 e. The molecule has 0 atom stereocenters. The third-order valence-corrected chi connectivity index (χ3v) is 5.97. The Hall–Kier alpha value is -4.79. The number of carbonyl (C=O) groups is 3. The van der Waals surface area contributed by atoms with Gasteiger partial charge in [-0.15, -0.1) is 0 Å². The second-order valence-electron chi connectivity index (χ2n) is 8.74. The predicted molar refractivity (Wildman–Crippen MR) is 141 cm³/mol. The molecule has 0 heterocycles. The molecule has 0 radical (unpaired) electrons. The fraction of sp³-hybridized carbons (Fsp3) is 0.129. The van der Waals surface area contributed by atoms with Crippen molar-refractivity contribution in [1.82, 2.24) is 0 Å². The molecule has 0 aromatic heterocycles. The van der Waals surface area contributed by atoms with Crippen molar-refractivity contribution in [1.29, 1.82) is 0 Å². The molecule has 4 aromatic rings. The van der Waals surface area contributed by atoms with Crippen LogP contribution >= 0.6 is 0 Å². The first-order chi connectivity index (χ1) is 18.9. The van der Waals surface area contributed by atoms with E-state index in [0.29, 0.717) is 18.4 Å². The maximum Gasteiger partial charge on any atom is 0.341 e. The molecule has 198 valence electrons. The molecular formula is C31H26O8. The van der Waals surface area contributed by atoms with Crippen LogP contribution in [-0.4, -0.2) is 34.9 Å². The van der Waals surface area contributed by atoms with Crippen molar-refractivity contribution >= 4 is 17.9 Å². The average molecular weight is 527 g/mol. The lowest BCUT2D eigenvalue weighted by molar-refractivity contribution is -0.335. The number of ether oxygens (including phenoxy) is 1. The van der Waals surface area contributed by atoms with Gasteiger partial charge in [0, 0.05) is 0 Å². The van der Waals surface area contributed by atoms with E-state index >= 15 is 0 Å². The van der Waals surface area contributed by atoms with Gasteiger partial charge in [-0.25, -0.2) is 19.3 Å². The molecule has 4 rings (SSSR count). The Morgan fingerprint density at radius 2 is 1.10 bits per heavy atom. The highest BCUT2D eigenvalue weighted by Crippen LogP contribution is 2.19. The normalized spacial score (nSPS) is 10.7. The van der Waals surface area contributed by atoms with E-state index in [4.69, 9.17) is 14.5 Å². The van der Waals surface area contributed by atoms with Gasteiger partial charge in [0.1, 0.15) is 6.61 Å². The summed E-state index contributed by atoms with van der Waals surface area (Å²) in [4.78, 5) is 46.1. The van der Waals surface area contributed by atoms with Gasteiger partial charge in [-0.1, -0.05) is 78.9 Å². The molecule has 0 aliphatic carbocycles. The van der Waals surface area contributed by atoms with Gasteiger partial charge < -0.3 is 14.9 Å². The lowest BCUT2D eigenvalue weighted by atomic mass is 9.99. The highest BCUT2D eigenvalue weighted by Gasteiger charge is 2.19. The summed E-state index contributed by atoms with van der Waals surface area (Å²) in [5.41, 5.74) is 3.87.